The van der Waals surface area contributed by atoms with Crippen molar-refractivity contribution in [2.45, 2.75) is 13.3 Å². The minimum absolute atomic E-state index is 0.0972. The maximum absolute atomic E-state index is 11.1. The van der Waals surface area contributed by atoms with Crippen molar-refractivity contribution in [2.75, 3.05) is 72.6 Å². The number of nitrogens with two attached hydrogens (primary N) is 1. The fraction of sp³-hybridized carbons (Fsp3) is 0.609. The summed E-state index contributed by atoms with van der Waals surface area (Å²) in [6.45, 7) is 14.2. The molecule has 11 heteroatoms. The van der Waals surface area contributed by atoms with E-state index in [-0.39, 0.29) is 66.1 Å². The maximum atomic E-state index is 11.1. The Hall–Kier alpha value is -2.57. The molecule has 3 N–H and O–H groups in total. The van der Waals surface area contributed by atoms with Gasteiger partial charge in [-0.05, 0) is 6.42 Å². The van der Waals surface area contributed by atoms with E-state index < -0.39 is 23.3 Å². The van der Waals surface area contributed by atoms with Crippen molar-refractivity contribution < 1.29 is 47.9 Å². The molecule has 0 saturated heterocycles. The Bertz CT molecular complexity index is 518. The van der Waals surface area contributed by atoms with Crippen LogP contribution in [0.15, 0.2) is 38.0 Å². The van der Waals surface area contributed by atoms with Gasteiger partial charge in [0.15, 0.2) is 0 Å². The minimum Gasteiger partial charge on any atom is -0.460 e. The first kappa shape index (κ1) is 33.6. The van der Waals surface area contributed by atoms with Crippen LogP contribution in [-0.2, 0) is 42.8 Å². The Balaban J connectivity index is 0. The Morgan fingerprint density at radius 3 is 1.24 bits per heavy atom. The molecule has 0 aliphatic carbocycles. The molecule has 0 rings (SSSR count). The molecule has 0 spiro atoms. The van der Waals surface area contributed by atoms with Gasteiger partial charge in [-0.2, -0.15) is 0 Å². The van der Waals surface area contributed by atoms with Crippen LogP contribution < -0.4 is 5.73 Å². The lowest BCUT2D eigenvalue weighted by Gasteiger charge is -2.32. The topological polar surface area (TPSA) is 153 Å². The predicted molar refractivity (Wildman–Crippen MR) is 125 cm³/mol. The van der Waals surface area contributed by atoms with Gasteiger partial charge in [-0.3, -0.25) is 0 Å². The van der Waals surface area contributed by atoms with Crippen LogP contribution >= 0.6 is 0 Å². The van der Waals surface area contributed by atoms with Crippen LogP contribution in [0.25, 0.3) is 0 Å². The SMILES string of the molecule is C=CC(=O)OCCOCC(CC)(COCCOC(=O)C=C)COCCOC(=O)C=C.NCCO. The lowest BCUT2D eigenvalue weighted by atomic mass is 9.88. The second-order valence-corrected chi connectivity index (χ2v) is 6.64. The zero-order chi connectivity index (χ0) is 26.1. The Kier molecular flexibility index (Phi) is 23.3. The van der Waals surface area contributed by atoms with Crippen LogP contribution in [0, 0.1) is 5.41 Å². The molecule has 11 nitrogen and oxygen atoms in total. The third kappa shape index (κ3) is 20.1. The molecule has 0 heterocycles. The number of esters is 3. The molecule has 0 unspecified atom stereocenters. The lowest BCUT2D eigenvalue weighted by Crippen LogP contribution is -2.38. The highest BCUT2D eigenvalue weighted by atomic mass is 16.6. The number of carbonyl (C=O) groups excluding carboxylic acids is 3. The van der Waals surface area contributed by atoms with Crippen molar-refractivity contribution >= 4 is 17.9 Å². The van der Waals surface area contributed by atoms with Crippen LogP contribution in [0.3, 0.4) is 0 Å². The zero-order valence-electron chi connectivity index (χ0n) is 20.0. The molecular formula is C23H39NO10. The molecule has 0 fully saturated rings. The van der Waals surface area contributed by atoms with Crippen molar-refractivity contribution in [2.24, 2.45) is 11.1 Å². The summed E-state index contributed by atoms with van der Waals surface area (Å²) in [6.07, 6.45) is 3.90. The molecule has 0 bridgehead atoms. The van der Waals surface area contributed by atoms with Crippen LogP contribution in [0.5, 0.6) is 0 Å². The van der Waals surface area contributed by atoms with Crippen LogP contribution in [0.4, 0.5) is 0 Å². The first-order valence-electron chi connectivity index (χ1n) is 10.8. The van der Waals surface area contributed by atoms with Crippen LogP contribution in [-0.4, -0.2) is 95.6 Å². The van der Waals surface area contributed by atoms with E-state index in [9.17, 15) is 14.4 Å². The fourth-order valence-corrected chi connectivity index (χ4v) is 2.08. The summed E-state index contributed by atoms with van der Waals surface area (Å²) in [7, 11) is 0. The highest BCUT2D eigenvalue weighted by Gasteiger charge is 2.30. The average molecular weight is 490 g/mol. The van der Waals surface area contributed by atoms with Crippen molar-refractivity contribution in [1.82, 2.24) is 0 Å². The predicted octanol–water partition coefficient (Wildman–Crippen LogP) is 0.558. The first-order valence-corrected chi connectivity index (χ1v) is 10.8. The minimum atomic E-state index is -0.518. The van der Waals surface area contributed by atoms with E-state index >= 15 is 0 Å². The molecule has 0 aromatic rings. The summed E-state index contributed by atoms with van der Waals surface area (Å²) in [4.78, 5) is 33.2. The summed E-state index contributed by atoms with van der Waals surface area (Å²) < 4.78 is 31.5. The molecule has 0 saturated carbocycles. The van der Waals surface area contributed by atoms with E-state index in [2.05, 4.69) is 19.7 Å². The monoisotopic (exact) mass is 489 g/mol. The largest absolute Gasteiger partial charge is 0.460 e. The fourth-order valence-electron chi connectivity index (χ4n) is 2.08. The summed E-state index contributed by atoms with van der Waals surface area (Å²) in [6, 6.07) is 0. The second kappa shape index (κ2) is 23.6. The van der Waals surface area contributed by atoms with E-state index in [0.717, 1.165) is 18.2 Å². The molecule has 196 valence electrons. The van der Waals surface area contributed by atoms with Crippen LogP contribution in [0.2, 0.25) is 0 Å². The van der Waals surface area contributed by atoms with Crippen molar-refractivity contribution in [3.05, 3.63) is 38.0 Å². The van der Waals surface area contributed by atoms with Gasteiger partial charge in [-0.1, -0.05) is 26.7 Å². The molecule has 0 atom stereocenters. The molecule has 0 radical (unpaired) electrons. The van der Waals surface area contributed by atoms with Gasteiger partial charge in [-0.25, -0.2) is 14.4 Å². The highest BCUT2D eigenvalue weighted by Crippen LogP contribution is 2.24. The standard InChI is InChI=1S/C21H32O9.C2H7NO/c1-5-18(22)28-12-9-25-15-21(8-4,16-26-10-13-29-19(23)6-2)17-27-11-14-30-20(24)7-3;3-1-2-4/h5-7H,1-3,8-17H2,4H3;4H,1-3H2. The quantitative estimate of drug-likeness (QED) is 0.107. The van der Waals surface area contributed by atoms with Gasteiger partial charge in [0, 0.05) is 30.2 Å². The van der Waals surface area contributed by atoms with Gasteiger partial charge in [0.1, 0.15) is 19.8 Å². The molecule has 0 aliphatic heterocycles. The molecule has 0 aliphatic rings. The van der Waals surface area contributed by atoms with Gasteiger partial charge in [0.05, 0.1) is 46.2 Å². The van der Waals surface area contributed by atoms with E-state index in [1.54, 1.807) is 0 Å². The number of ether oxygens (including phenoxy) is 6. The van der Waals surface area contributed by atoms with Gasteiger partial charge >= 0.3 is 17.9 Å². The van der Waals surface area contributed by atoms with Crippen molar-refractivity contribution in [3.63, 3.8) is 0 Å². The molecule has 0 aromatic heterocycles. The van der Waals surface area contributed by atoms with Gasteiger partial charge in [0.2, 0.25) is 0 Å². The van der Waals surface area contributed by atoms with E-state index in [4.69, 9.17) is 39.3 Å². The van der Waals surface area contributed by atoms with E-state index in [1.165, 1.54) is 0 Å². The maximum Gasteiger partial charge on any atom is 0.330 e. The van der Waals surface area contributed by atoms with Crippen molar-refractivity contribution in [3.8, 4) is 0 Å². The molecular weight excluding hydrogens is 450 g/mol. The number of aliphatic hydroxyl groups excluding tert-OH is 1. The van der Waals surface area contributed by atoms with Gasteiger partial charge in [-0.15, -0.1) is 0 Å². The van der Waals surface area contributed by atoms with Gasteiger partial charge < -0.3 is 39.3 Å². The van der Waals surface area contributed by atoms with E-state index in [1.807, 2.05) is 6.92 Å². The smallest absolute Gasteiger partial charge is 0.330 e. The number of carbonyl (C=O) groups is 3. The summed E-state index contributed by atoms with van der Waals surface area (Å²) >= 11 is 0. The second-order valence-electron chi connectivity index (χ2n) is 6.64. The Labute approximate surface area is 201 Å². The highest BCUT2D eigenvalue weighted by molar-refractivity contribution is 5.81. The lowest BCUT2D eigenvalue weighted by molar-refractivity contribution is -0.141. The third-order valence-electron chi connectivity index (χ3n) is 4.02. The molecule has 34 heavy (non-hydrogen) atoms. The molecule has 0 amide bonds. The van der Waals surface area contributed by atoms with Crippen molar-refractivity contribution in [1.29, 1.82) is 0 Å². The molecule has 0 aromatic carbocycles. The average Bonchev–Trinajstić information content (AvgIpc) is 2.86. The summed E-state index contributed by atoms with van der Waals surface area (Å²) in [5, 5.41) is 7.75. The number of hydrogen-bond donors (Lipinski definition) is 2. The number of aliphatic hydroxyl groups is 1. The Morgan fingerprint density at radius 2 is 1.03 bits per heavy atom. The Morgan fingerprint density at radius 1 is 0.735 bits per heavy atom. The normalized spacial score (nSPS) is 10.3. The number of hydrogen-bond acceptors (Lipinski definition) is 11. The zero-order valence-corrected chi connectivity index (χ0v) is 20.0. The first-order chi connectivity index (χ1) is 16.3. The van der Waals surface area contributed by atoms with Crippen LogP contribution in [0.1, 0.15) is 13.3 Å². The van der Waals surface area contributed by atoms with Gasteiger partial charge in [0.25, 0.3) is 0 Å². The third-order valence-corrected chi connectivity index (χ3v) is 4.02. The summed E-state index contributed by atoms with van der Waals surface area (Å²) in [5.41, 5.74) is 4.29. The summed E-state index contributed by atoms with van der Waals surface area (Å²) in [5.74, 6) is -1.56. The van der Waals surface area contributed by atoms with E-state index in [0.29, 0.717) is 13.0 Å². The number of rotatable bonds is 20.